The van der Waals surface area contributed by atoms with Crippen LogP contribution < -0.4 is 0 Å². The standard InChI is InChI=1S/C36H51NO4/c1-23-24-10-11-28-34(4,25(24)20-27(38)30(23)39)15-17-36(6)29-22-32(2,12-13-33(29,3)14-16-35(28,36)5)21-26(31(40)41)37-18-8-7-9-19-37/h10-11,20,26,29,39H,7-9,12-19,21-22H2,1-6H3,(H,40,41)/t26?,29-,32+,33+,34+,35-,36+/m1/s1. The topological polar surface area (TPSA) is 77.8 Å². The number of likely N-dealkylation sites (tertiary alicyclic amines) is 1. The van der Waals surface area contributed by atoms with Gasteiger partial charge in [-0.2, -0.15) is 0 Å². The van der Waals surface area contributed by atoms with Crippen LogP contribution >= 0.6 is 0 Å². The lowest BCUT2D eigenvalue weighted by Crippen LogP contribution is -2.62. The number of nitrogens with zero attached hydrogens (tertiary/aromatic N) is 1. The van der Waals surface area contributed by atoms with E-state index in [-0.39, 0.29) is 44.7 Å². The molecule has 5 aliphatic carbocycles. The second-order valence-corrected chi connectivity index (χ2v) is 16.0. The van der Waals surface area contributed by atoms with Gasteiger partial charge in [0.05, 0.1) is 0 Å². The molecule has 224 valence electrons. The van der Waals surface area contributed by atoms with Crippen molar-refractivity contribution in [2.24, 2.45) is 33.0 Å². The summed E-state index contributed by atoms with van der Waals surface area (Å²) in [6.45, 7) is 16.0. The fraction of sp³-hybridized carbons (Fsp3) is 0.722. The van der Waals surface area contributed by atoms with Gasteiger partial charge in [0.15, 0.2) is 5.76 Å². The zero-order valence-corrected chi connectivity index (χ0v) is 26.2. The molecule has 1 saturated heterocycles. The molecular weight excluding hydrogens is 510 g/mol. The second-order valence-electron chi connectivity index (χ2n) is 16.0. The Bertz CT molecular complexity index is 1300. The van der Waals surface area contributed by atoms with E-state index in [1.165, 1.54) is 24.8 Å². The molecule has 3 saturated carbocycles. The van der Waals surface area contributed by atoms with Crippen LogP contribution in [0.25, 0.3) is 0 Å². The van der Waals surface area contributed by atoms with Crippen molar-refractivity contribution >= 4 is 11.8 Å². The third-order valence-electron chi connectivity index (χ3n) is 13.8. The molecule has 0 radical (unpaired) electrons. The summed E-state index contributed by atoms with van der Waals surface area (Å²) in [5.41, 5.74) is 4.41. The molecule has 5 nitrogen and oxygen atoms in total. The average Bonchev–Trinajstić information content (AvgIpc) is 2.94. The minimum atomic E-state index is -0.643. The maximum Gasteiger partial charge on any atom is 0.320 e. The average molecular weight is 562 g/mol. The van der Waals surface area contributed by atoms with Gasteiger partial charge < -0.3 is 10.2 Å². The molecule has 1 aliphatic heterocycles. The van der Waals surface area contributed by atoms with E-state index in [0.29, 0.717) is 11.5 Å². The highest BCUT2D eigenvalue weighted by Gasteiger charge is 2.66. The largest absolute Gasteiger partial charge is 0.504 e. The summed E-state index contributed by atoms with van der Waals surface area (Å²) in [5.74, 6) is -0.509. The van der Waals surface area contributed by atoms with Crippen molar-refractivity contribution in [2.45, 2.75) is 118 Å². The molecule has 0 aromatic rings. The fourth-order valence-electron chi connectivity index (χ4n) is 10.8. The van der Waals surface area contributed by atoms with Crippen molar-refractivity contribution in [3.8, 4) is 0 Å². The number of aliphatic carboxylic acids is 1. The summed E-state index contributed by atoms with van der Waals surface area (Å²) in [7, 11) is 0. The predicted molar refractivity (Wildman–Crippen MR) is 162 cm³/mol. The molecule has 41 heavy (non-hydrogen) atoms. The van der Waals surface area contributed by atoms with Crippen LogP contribution in [0.5, 0.6) is 0 Å². The van der Waals surface area contributed by atoms with Gasteiger partial charge in [-0.3, -0.25) is 14.5 Å². The Balaban J connectivity index is 1.35. The van der Waals surface area contributed by atoms with Gasteiger partial charge in [-0.1, -0.05) is 58.8 Å². The lowest BCUT2D eigenvalue weighted by Gasteiger charge is -2.70. The van der Waals surface area contributed by atoms with Crippen LogP contribution in [0.4, 0.5) is 0 Å². The number of carbonyl (C=O) groups is 2. The van der Waals surface area contributed by atoms with Crippen molar-refractivity contribution < 1.29 is 19.8 Å². The Morgan fingerprint density at radius 3 is 2.34 bits per heavy atom. The van der Waals surface area contributed by atoms with E-state index in [1.54, 1.807) is 6.08 Å². The monoisotopic (exact) mass is 561 g/mol. The third-order valence-corrected chi connectivity index (χ3v) is 13.8. The normalized spacial score (nSPS) is 43.5. The summed E-state index contributed by atoms with van der Waals surface area (Å²) in [4.78, 5) is 27.6. The van der Waals surface area contributed by atoms with Gasteiger partial charge >= 0.3 is 5.97 Å². The minimum Gasteiger partial charge on any atom is -0.504 e. The zero-order valence-electron chi connectivity index (χ0n) is 26.2. The van der Waals surface area contributed by atoms with E-state index >= 15 is 0 Å². The molecule has 1 unspecified atom stereocenters. The van der Waals surface area contributed by atoms with E-state index in [2.05, 4.69) is 51.7 Å². The molecule has 6 aliphatic rings. The first-order valence-corrected chi connectivity index (χ1v) is 16.2. The molecule has 4 fully saturated rings. The minimum absolute atomic E-state index is 0.00940. The molecule has 2 N–H and O–H groups in total. The fourth-order valence-corrected chi connectivity index (χ4v) is 10.8. The highest BCUT2D eigenvalue weighted by molar-refractivity contribution is 6.06. The first kappa shape index (κ1) is 29.0. The Morgan fingerprint density at radius 1 is 0.976 bits per heavy atom. The highest BCUT2D eigenvalue weighted by atomic mass is 16.4. The van der Waals surface area contributed by atoms with Gasteiger partial charge in [0.1, 0.15) is 6.04 Å². The summed E-state index contributed by atoms with van der Waals surface area (Å²) in [6.07, 6.45) is 18.2. The van der Waals surface area contributed by atoms with Gasteiger partial charge in [0.2, 0.25) is 5.78 Å². The first-order valence-electron chi connectivity index (χ1n) is 16.2. The zero-order chi connectivity index (χ0) is 29.6. The van der Waals surface area contributed by atoms with Crippen molar-refractivity contribution in [1.29, 1.82) is 0 Å². The maximum atomic E-state index is 12.8. The SMILES string of the molecule is CC1=C(O)C(=O)C=C2C1=CC=C1[C@@]2(C)CC[C@@]2(C)[C@@H]3C[C@](C)(CC(C(=O)O)N4CCCCC4)CC[C@@]3(C)CC[C@]12C. The van der Waals surface area contributed by atoms with Crippen LogP contribution in [-0.4, -0.2) is 46.0 Å². The predicted octanol–water partition coefficient (Wildman–Crippen LogP) is 7.94. The molecule has 1 heterocycles. The number of fused-ring (bicyclic) bond motifs is 7. The smallest absolute Gasteiger partial charge is 0.320 e. The second kappa shape index (κ2) is 9.43. The number of allylic oxidation sites excluding steroid dienone is 7. The number of aliphatic hydroxyl groups excluding tert-OH is 1. The molecular formula is C36H51NO4. The van der Waals surface area contributed by atoms with Crippen molar-refractivity contribution in [2.75, 3.05) is 13.1 Å². The first-order chi connectivity index (χ1) is 19.2. The van der Waals surface area contributed by atoms with Gasteiger partial charge in [0, 0.05) is 11.0 Å². The molecule has 7 atom stereocenters. The van der Waals surface area contributed by atoms with Crippen LogP contribution in [0.1, 0.15) is 112 Å². The van der Waals surface area contributed by atoms with Gasteiger partial charge in [-0.25, -0.2) is 0 Å². The summed E-state index contributed by atoms with van der Waals surface area (Å²) >= 11 is 0. The number of carbonyl (C=O) groups excluding carboxylic acids is 1. The lowest BCUT2D eigenvalue weighted by molar-refractivity contribution is -0.166. The number of hydrogen-bond donors (Lipinski definition) is 2. The van der Waals surface area contributed by atoms with E-state index < -0.39 is 5.97 Å². The number of rotatable bonds is 4. The van der Waals surface area contributed by atoms with Crippen molar-refractivity contribution in [1.82, 2.24) is 4.90 Å². The van der Waals surface area contributed by atoms with Gasteiger partial charge in [-0.05, 0) is 129 Å². The molecule has 0 spiro atoms. The van der Waals surface area contributed by atoms with E-state index in [9.17, 15) is 19.8 Å². The summed E-state index contributed by atoms with van der Waals surface area (Å²) in [6, 6.07) is -0.379. The molecule has 0 aromatic carbocycles. The Labute approximate surface area is 246 Å². The van der Waals surface area contributed by atoms with Gasteiger partial charge in [-0.15, -0.1) is 0 Å². The number of carboxylic acids is 1. The Kier molecular flexibility index (Phi) is 6.66. The molecule has 6 rings (SSSR count). The van der Waals surface area contributed by atoms with E-state index in [0.717, 1.165) is 75.6 Å². The summed E-state index contributed by atoms with van der Waals surface area (Å²) in [5, 5.41) is 20.8. The molecule has 0 amide bonds. The highest BCUT2D eigenvalue weighted by Crippen LogP contribution is 2.75. The third kappa shape index (κ3) is 4.11. The number of aliphatic hydroxyl groups is 1. The van der Waals surface area contributed by atoms with Gasteiger partial charge in [0.25, 0.3) is 0 Å². The van der Waals surface area contributed by atoms with Crippen LogP contribution in [0.3, 0.4) is 0 Å². The van der Waals surface area contributed by atoms with E-state index in [4.69, 9.17) is 0 Å². The van der Waals surface area contributed by atoms with Crippen LogP contribution in [0, 0.1) is 33.0 Å². The Morgan fingerprint density at radius 2 is 1.66 bits per heavy atom. The van der Waals surface area contributed by atoms with E-state index in [1.807, 2.05) is 6.92 Å². The molecule has 0 aromatic heterocycles. The number of piperidine rings is 1. The van der Waals surface area contributed by atoms with Crippen molar-refractivity contribution in [3.63, 3.8) is 0 Å². The molecule has 0 bridgehead atoms. The lowest BCUT2D eigenvalue weighted by atomic mass is 9.34. The van der Waals surface area contributed by atoms with Crippen LogP contribution in [0.15, 0.2) is 46.3 Å². The number of carboxylic acid groups (broad SMARTS) is 1. The van der Waals surface area contributed by atoms with Crippen LogP contribution in [-0.2, 0) is 9.59 Å². The number of ketones is 1. The number of hydrogen-bond acceptors (Lipinski definition) is 4. The van der Waals surface area contributed by atoms with Crippen molar-refractivity contribution in [3.05, 3.63) is 46.3 Å². The van der Waals surface area contributed by atoms with Crippen LogP contribution in [0.2, 0.25) is 0 Å². The quantitative estimate of drug-likeness (QED) is 0.364. The maximum absolute atomic E-state index is 12.8. The Hall–Kier alpha value is -2.14. The summed E-state index contributed by atoms with van der Waals surface area (Å²) < 4.78 is 0. The molecule has 5 heteroatoms.